The highest BCUT2D eigenvalue weighted by atomic mass is 127. The Kier molecular flexibility index (Phi) is 7.25. The van der Waals surface area contributed by atoms with Gasteiger partial charge < -0.3 is 16.0 Å². The number of hydrogen-bond acceptors (Lipinski definition) is 2. The van der Waals surface area contributed by atoms with Gasteiger partial charge in [-0.1, -0.05) is 18.6 Å². The minimum Gasteiger partial charge on any atom is -0.369 e. The lowest BCUT2D eigenvalue weighted by molar-refractivity contribution is -0.121. The largest absolute Gasteiger partial charge is 0.369 e. The van der Waals surface area contributed by atoms with Crippen molar-refractivity contribution in [1.82, 2.24) is 10.2 Å². The number of nitrogens with two attached hydrogens (primary N) is 1. The van der Waals surface area contributed by atoms with E-state index in [1.54, 1.807) is 19.2 Å². The number of rotatable bonds is 5. The summed E-state index contributed by atoms with van der Waals surface area (Å²) in [5, 5.41) is 3.31. The van der Waals surface area contributed by atoms with Gasteiger partial charge in [-0.05, 0) is 48.8 Å². The predicted molar refractivity (Wildman–Crippen MR) is 112 cm³/mol. The average Bonchev–Trinajstić information content (AvgIpc) is 3.02. The molecule has 1 atom stereocenters. The highest BCUT2D eigenvalue weighted by Gasteiger charge is 2.43. The van der Waals surface area contributed by atoms with Crippen molar-refractivity contribution in [2.24, 2.45) is 22.1 Å². The molecule has 1 aromatic carbocycles. The fraction of sp³-hybridized carbons (Fsp3) is 0.579. The Morgan fingerprint density at radius 2 is 2.04 bits per heavy atom. The molecule has 26 heavy (non-hydrogen) atoms. The molecule has 2 fully saturated rings. The lowest BCUT2D eigenvalue weighted by atomic mass is 9.68. The Hall–Kier alpha value is -1.38. The minimum atomic E-state index is -0.359. The molecule has 5 nitrogen and oxygen atoms in total. The normalized spacial score (nSPS) is 19.6. The third-order valence-corrected chi connectivity index (χ3v) is 5.67. The molecule has 144 valence electrons. The predicted octanol–water partition coefficient (Wildman–Crippen LogP) is 2.54. The van der Waals surface area contributed by atoms with Gasteiger partial charge in [-0.2, -0.15) is 0 Å². The first kappa shape index (κ1) is 20.9. The van der Waals surface area contributed by atoms with E-state index in [1.165, 1.54) is 37.8 Å². The molecule has 3 N–H and O–H groups in total. The first-order valence-electron chi connectivity index (χ1n) is 9.01. The lowest BCUT2D eigenvalue weighted by Gasteiger charge is -2.38. The summed E-state index contributed by atoms with van der Waals surface area (Å²) >= 11 is 0. The molecule has 1 unspecified atom stereocenters. The van der Waals surface area contributed by atoms with E-state index in [9.17, 15) is 9.18 Å². The number of benzene rings is 1. The summed E-state index contributed by atoms with van der Waals surface area (Å²) in [5.41, 5.74) is 6.96. The van der Waals surface area contributed by atoms with Gasteiger partial charge in [0.25, 0.3) is 0 Å². The molecule has 0 bridgehead atoms. The minimum absolute atomic E-state index is 0. The van der Waals surface area contributed by atoms with Crippen LogP contribution in [-0.4, -0.2) is 43.4 Å². The Balaban J connectivity index is 0.00000243. The van der Waals surface area contributed by atoms with E-state index in [-0.39, 0.29) is 41.6 Å². The standard InChI is InChI=1S/C19H27FN4O.HI/c1-22-18(24-10-9-19(13-24)7-2-8-19)23-12-15(17(21)25)11-14-3-5-16(20)6-4-14;/h3-6,15H,2,7-13H2,1H3,(H2,21,25)(H,22,23);1H. The molecular weight excluding hydrogens is 446 g/mol. The van der Waals surface area contributed by atoms with E-state index in [0.29, 0.717) is 18.4 Å². The Bertz CT molecular complexity index is 645. The maximum absolute atomic E-state index is 13.0. The summed E-state index contributed by atoms with van der Waals surface area (Å²) in [6.07, 6.45) is 5.68. The van der Waals surface area contributed by atoms with Crippen LogP contribution >= 0.6 is 24.0 Å². The van der Waals surface area contributed by atoms with Gasteiger partial charge in [0.05, 0.1) is 5.92 Å². The second-order valence-electron chi connectivity index (χ2n) is 7.38. The van der Waals surface area contributed by atoms with Gasteiger partial charge in [0.15, 0.2) is 5.96 Å². The number of guanidine groups is 1. The van der Waals surface area contributed by atoms with Gasteiger partial charge in [-0.15, -0.1) is 24.0 Å². The molecule has 1 saturated carbocycles. The zero-order chi connectivity index (χ0) is 17.9. The number of primary amides is 1. The van der Waals surface area contributed by atoms with Crippen LogP contribution in [0, 0.1) is 17.2 Å². The first-order chi connectivity index (χ1) is 12.0. The van der Waals surface area contributed by atoms with Crippen molar-refractivity contribution in [3.8, 4) is 0 Å². The molecule has 0 aromatic heterocycles. The molecule has 1 saturated heterocycles. The number of amides is 1. The highest BCUT2D eigenvalue weighted by Crippen LogP contribution is 2.47. The summed E-state index contributed by atoms with van der Waals surface area (Å²) in [6, 6.07) is 6.20. The Labute approximate surface area is 171 Å². The van der Waals surface area contributed by atoms with Crippen LogP contribution in [-0.2, 0) is 11.2 Å². The molecule has 3 rings (SSSR count). The molecule has 1 aliphatic heterocycles. The molecule has 2 aliphatic rings. The molecule has 1 heterocycles. The van der Waals surface area contributed by atoms with Crippen molar-refractivity contribution in [3.63, 3.8) is 0 Å². The summed E-state index contributed by atoms with van der Waals surface area (Å²) in [4.78, 5) is 18.5. The van der Waals surface area contributed by atoms with Crippen LogP contribution in [0.1, 0.15) is 31.2 Å². The van der Waals surface area contributed by atoms with Crippen LogP contribution in [0.2, 0.25) is 0 Å². The SMILES string of the molecule is CN=C(NCC(Cc1ccc(F)cc1)C(N)=O)N1CCC2(CCC2)C1.I. The van der Waals surface area contributed by atoms with Crippen LogP contribution in [0.15, 0.2) is 29.3 Å². The second kappa shape index (κ2) is 9.01. The van der Waals surface area contributed by atoms with Crippen molar-refractivity contribution >= 4 is 35.8 Å². The smallest absolute Gasteiger partial charge is 0.222 e. The number of hydrogen-bond donors (Lipinski definition) is 2. The van der Waals surface area contributed by atoms with Gasteiger partial charge in [0, 0.05) is 26.7 Å². The van der Waals surface area contributed by atoms with Crippen LogP contribution < -0.4 is 11.1 Å². The fourth-order valence-corrected chi connectivity index (χ4v) is 3.93. The first-order valence-corrected chi connectivity index (χ1v) is 9.01. The molecule has 1 aliphatic carbocycles. The quantitative estimate of drug-likeness (QED) is 0.392. The van der Waals surface area contributed by atoms with Crippen LogP contribution in [0.3, 0.4) is 0 Å². The third-order valence-electron chi connectivity index (χ3n) is 5.67. The third kappa shape index (κ3) is 4.86. The van der Waals surface area contributed by atoms with Crippen molar-refractivity contribution in [3.05, 3.63) is 35.6 Å². The molecule has 0 radical (unpaired) electrons. The molecule has 1 amide bonds. The van der Waals surface area contributed by atoms with E-state index in [0.717, 1.165) is 24.6 Å². The van der Waals surface area contributed by atoms with E-state index in [1.807, 2.05) is 0 Å². The number of likely N-dealkylation sites (tertiary alicyclic amines) is 1. The van der Waals surface area contributed by atoms with Crippen LogP contribution in [0.4, 0.5) is 4.39 Å². The Morgan fingerprint density at radius 1 is 1.35 bits per heavy atom. The van der Waals surface area contributed by atoms with Crippen molar-refractivity contribution in [1.29, 1.82) is 0 Å². The van der Waals surface area contributed by atoms with E-state index in [4.69, 9.17) is 5.73 Å². The van der Waals surface area contributed by atoms with E-state index >= 15 is 0 Å². The molecule has 7 heteroatoms. The monoisotopic (exact) mass is 474 g/mol. The van der Waals surface area contributed by atoms with Crippen molar-refractivity contribution in [2.45, 2.75) is 32.1 Å². The number of aliphatic imine (C=N–C) groups is 1. The summed E-state index contributed by atoms with van der Waals surface area (Å²) in [5.74, 6) is -0.155. The van der Waals surface area contributed by atoms with Crippen molar-refractivity contribution in [2.75, 3.05) is 26.7 Å². The highest BCUT2D eigenvalue weighted by molar-refractivity contribution is 14.0. The molecule has 1 spiro atoms. The number of nitrogens with zero attached hydrogens (tertiary/aromatic N) is 2. The fourth-order valence-electron chi connectivity index (χ4n) is 3.93. The number of nitrogens with one attached hydrogen (secondary N) is 1. The zero-order valence-electron chi connectivity index (χ0n) is 15.2. The number of halogens is 2. The van der Waals surface area contributed by atoms with Gasteiger partial charge in [-0.3, -0.25) is 9.79 Å². The van der Waals surface area contributed by atoms with Gasteiger partial charge in [0.1, 0.15) is 5.82 Å². The zero-order valence-corrected chi connectivity index (χ0v) is 17.5. The Morgan fingerprint density at radius 3 is 2.54 bits per heavy atom. The van der Waals surface area contributed by atoms with Gasteiger partial charge in [-0.25, -0.2) is 4.39 Å². The summed E-state index contributed by atoms with van der Waals surface area (Å²) in [6.45, 7) is 2.49. The van der Waals surface area contributed by atoms with Crippen molar-refractivity contribution < 1.29 is 9.18 Å². The van der Waals surface area contributed by atoms with E-state index in [2.05, 4.69) is 15.2 Å². The lowest BCUT2D eigenvalue weighted by Crippen LogP contribution is -2.45. The average molecular weight is 474 g/mol. The van der Waals surface area contributed by atoms with Crippen LogP contribution in [0.25, 0.3) is 0 Å². The van der Waals surface area contributed by atoms with Crippen LogP contribution in [0.5, 0.6) is 0 Å². The molecule has 1 aromatic rings. The van der Waals surface area contributed by atoms with Gasteiger partial charge >= 0.3 is 0 Å². The maximum Gasteiger partial charge on any atom is 0.222 e. The summed E-state index contributed by atoms with van der Waals surface area (Å²) < 4.78 is 13.0. The number of carbonyl (C=O) groups is 1. The summed E-state index contributed by atoms with van der Waals surface area (Å²) in [7, 11) is 1.77. The number of carbonyl (C=O) groups excluding carboxylic acids is 1. The molecular formula is C19H28FIN4O. The van der Waals surface area contributed by atoms with E-state index < -0.39 is 0 Å². The topological polar surface area (TPSA) is 70.7 Å². The second-order valence-corrected chi connectivity index (χ2v) is 7.38. The van der Waals surface area contributed by atoms with Gasteiger partial charge in [0.2, 0.25) is 5.91 Å². The maximum atomic E-state index is 13.0.